The number of nitrogens with zero attached hydrogens (tertiary/aromatic N) is 1. The molecule has 0 atom stereocenters. The van der Waals surface area contributed by atoms with E-state index in [1.165, 1.54) is 22.3 Å². The van der Waals surface area contributed by atoms with E-state index in [4.69, 9.17) is 10.7 Å². The van der Waals surface area contributed by atoms with Crippen LogP contribution in [0.25, 0.3) is 0 Å². The fraction of sp³-hybridized carbons (Fsp3) is 0.345. The summed E-state index contributed by atoms with van der Waals surface area (Å²) in [4.78, 5) is 4.96. The van der Waals surface area contributed by atoms with E-state index in [0.29, 0.717) is 11.8 Å². The summed E-state index contributed by atoms with van der Waals surface area (Å²) in [6.07, 6.45) is 0.865. The average molecular weight is 429 g/mol. The summed E-state index contributed by atoms with van der Waals surface area (Å²) in [5.41, 5.74) is 17.1. The maximum Gasteiger partial charge on any atom is 0.124 e. The second kappa shape index (κ2) is 9.60. The van der Waals surface area contributed by atoms with Crippen molar-refractivity contribution in [1.82, 2.24) is 0 Å². The Kier molecular flexibility index (Phi) is 7.08. The van der Waals surface area contributed by atoms with Crippen LogP contribution in [0.3, 0.4) is 0 Å². The lowest BCUT2D eigenvalue weighted by molar-refractivity contribution is 0.474. The Balaban J connectivity index is 2.04. The molecule has 0 spiro atoms. The number of aromatic hydroxyl groups is 1. The lowest BCUT2D eigenvalue weighted by Gasteiger charge is -2.18. The van der Waals surface area contributed by atoms with Gasteiger partial charge >= 0.3 is 0 Å². The molecule has 3 N–H and O–H groups in total. The quantitative estimate of drug-likeness (QED) is 0.314. The van der Waals surface area contributed by atoms with Crippen LogP contribution in [0.2, 0.25) is 0 Å². The maximum atomic E-state index is 10.2. The van der Waals surface area contributed by atoms with Crippen LogP contribution in [0.4, 0.5) is 11.4 Å². The van der Waals surface area contributed by atoms with E-state index in [0.717, 1.165) is 40.2 Å². The van der Waals surface area contributed by atoms with Gasteiger partial charge in [0.2, 0.25) is 0 Å². The average Bonchev–Trinajstić information content (AvgIpc) is 2.72. The van der Waals surface area contributed by atoms with Gasteiger partial charge in [-0.1, -0.05) is 64.1 Å². The van der Waals surface area contributed by atoms with Gasteiger partial charge in [0.05, 0.1) is 5.69 Å². The molecule has 0 aliphatic rings. The standard InChI is InChI=1S/C29H36N2O/c1-17(2)25-15-22(12-19(5)28(25)30)14-23-13-20(6)29(26(16-23)18(3)4)31-21(7)24-10-8-9-11-27(24)32/h8-13,15-18,32H,14,30H2,1-7H3. The highest BCUT2D eigenvalue weighted by Gasteiger charge is 2.15. The first kappa shape index (κ1) is 23.6. The second-order valence-corrected chi connectivity index (χ2v) is 9.47. The molecule has 0 fully saturated rings. The van der Waals surface area contributed by atoms with Gasteiger partial charge in [-0.2, -0.15) is 0 Å². The van der Waals surface area contributed by atoms with Crippen LogP contribution in [-0.4, -0.2) is 10.8 Å². The van der Waals surface area contributed by atoms with Crippen molar-refractivity contribution in [2.24, 2.45) is 4.99 Å². The smallest absolute Gasteiger partial charge is 0.124 e. The number of hydrogen-bond donors (Lipinski definition) is 2. The maximum absolute atomic E-state index is 10.2. The molecule has 0 aliphatic carbocycles. The van der Waals surface area contributed by atoms with Gasteiger partial charge in [-0.15, -0.1) is 0 Å². The third-order valence-corrected chi connectivity index (χ3v) is 6.09. The number of hydrogen-bond acceptors (Lipinski definition) is 3. The van der Waals surface area contributed by atoms with Gasteiger partial charge in [0.15, 0.2) is 0 Å². The van der Waals surface area contributed by atoms with Crippen molar-refractivity contribution in [2.75, 3.05) is 5.73 Å². The normalized spacial score (nSPS) is 12.1. The molecule has 3 aromatic carbocycles. The summed E-state index contributed by atoms with van der Waals surface area (Å²) in [6.45, 7) is 15.0. The number of benzene rings is 3. The number of nitrogen functional groups attached to an aromatic ring is 1. The molecule has 168 valence electrons. The van der Waals surface area contributed by atoms with Crippen molar-refractivity contribution in [1.29, 1.82) is 0 Å². The Morgan fingerprint density at radius 1 is 0.875 bits per heavy atom. The van der Waals surface area contributed by atoms with Gasteiger partial charge in [0.1, 0.15) is 5.75 Å². The van der Waals surface area contributed by atoms with Crippen molar-refractivity contribution in [3.8, 4) is 5.75 Å². The largest absolute Gasteiger partial charge is 0.507 e. The summed E-state index contributed by atoms with van der Waals surface area (Å²) in [5.74, 6) is 0.994. The van der Waals surface area contributed by atoms with Crippen molar-refractivity contribution < 1.29 is 5.11 Å². The highest BCUT2D eigenvalue weighted by atomic mass is 16.3. The number of phenolic OH excluding ortho intramolecular Hbond substituents is 1. The van der Waals surface area contributed by atoms with Gasteiger partial charge in [-0.05, 0) is 84.5 Å². The van der Waals surface area contributed by atoms with E-state index >= 15 is 0 Å². The molecule has 0 aromatic heterocycles. The summed E-state index contributed by atoms with van der Waals surface area (Å²) in [6, 6.07) is 16.4. The van der Waals surface area contributed by atoms with Crippen LogP contribution in [0.1, 0.15) is 85.4 Å². The number of rotatable bonds is 6. The SMILES string of the molecule is CC(=Nc1c(C)cc(Cc2cc(C)c(N)c(C(C)C)c2)cc1C(C)C)c1ccccc1O. The monoisotopic (exact) mass is 428 g/mol. The molecule has 0 saturated heterocycles. The van der Waals surface area contributed by atoms with Crippen LogP contribution in [-0.2, 0) is 6.42 Å². The van der Waals surface area contributed by atoms with Crippen LogP contribution in [0.15, 0.2) is 53.5 Å². The molecule has 3 heteroatoms. The van der Waals surface area contributed by atoms with Crippen molar-refractivity contribution in [3.63, 3.8) is 0 Å². The minimum absolute atomic E-state index is 0.258. The number of aliphatic imine (C=N–C) groups is 1. The van der Waals surface area contributed by atoms with E-state index in [9.17, 15) is 5.11 Å². The van der Waals surface area contributed by atoms with Crippen LogP contribution < -0.4 is 5.73 Å². The molecule has 3 rings (SSSR count). The Hall–Kier alpha value is -3.07. The molecule has 0 heterocycles. The zero-order valence-electron chi connectivity index (χ0n) is 20.5. The van der Waals surface area contributed by atoms with Gasteiger partial charge in [-0.3, -0.25) is 4.99 Å². The van der Waals surface area contributed by atoms with Gasteiger partial charge in [0, 0.05) is 17.0 Å². The molecule has 0 unspecified atom stereocenters. The van der Waals surface area contributed by atoms with E-state index in [1.54, 1.807) is 6.07 Å². The second-order valence-electron chi connectivity index (χ2n) is 9.47. The van der Waals surface area contributed by atoms with E-state index in [2.05, 4.69) is 65.8 Å². The van der Waals surface area contributed by atoms with E-state index in [1.807, 2.05) is 25.1 Å². The number of anilines is 1. The predicted molar refractivity (Wildman–Crippen MR) is 138 cm³/mol. The third-order valence-electron chi connectivity index (χ3n) is 6.09. The summed E-state index contributed by atoms with van der Waals surface area (Å²) >= 11 is 0. The molecule has 3 nitrogen and oxygen atoms in total. The molecule has 0 saturated carbocycles. The highest BCUT2D eigenvalue weighted by Crippen LogP contribution is 2.34. The fourth-order valence-corrected chi connectivity index (χ4v) is 4.30. The first-order valence-corrected chi connectivity index (χ1v) is 11.4. The molecular weight excluding hydrogens is 392 g/mol. The predicted octanol–water partition coefficient (Wildman–Crippen LogP) is 7.57. The van der Waals surface area contributed by atoms with Gasteiger partial charge in [-0.25, -0.2) is 0 Å². The summed E-state index contributed by atoms with van der Waals surface area (Å²) < 4.78 is 0. The van der Waals surface area contributed by atoms with Crippen molar-refractivity contribution in [3.05, 3.63) is 87.5 Å². The molecular formula is C29H36N2O. The Morgan fingerprint density at radius 3 is 2.03 bits per heavy atom. The zero-order chi connectivity index (χ0) is 23.6. The van der Waals surface area contributed by atoms with E-state index < -0.39 is 0 Å². The molecule has 0 aliphatic heterocycles. The number of aryl methyl sites for hydroxylation is 2. The summed E-state index contributed by atoms with van der Waals surface area (Å²) in [7, 11) is 0. The topological polar surface area (TPSA) is 58.6 Å². The molecule has 32 heavy (non-hydrogen) atoms. The Bertz CT molecular complexity index is 1160. The van der Waals surface area contributed by atoms with Crippen molar-refractivity contribution in [2.45, 2.75) is 66.7 Å². The molecule has 0 amide bonds. The Morgan fingerprint density at radius 2 is 1.44 bits per heavy atom. The fourth-order valence-electron chi connectivity index (χ4n) is 4.30. The first-order valence-electron chi connectivity index (χ1n) is 11.4. The van der Waals surface area contributed by atoms with Gasteiger partial charge in [0.25, 0.3) is 0 Å². The van der Waals surface area contributed by atoms with E-state index in [-0.39, 0.29) is 5.75 Å². The lowest BCUT2D eigenvalue weighted by Crippen LogP contribution is -2.03. The Labute approximate surface area is 193 Å². The zero-order valence-corrected chi connectivity index (χ0v) is 20.5. The minimum atomic E-state index is 0.258. The number of nitrogens with two attached hydrogens (primary N) is 1. The molecule has 0 radical (unpaired) electrons. The van der Waals surface area contributed by atoms with Crippen molar-refractivity contribution >= 4 is 17.1 Å². The number of para-hydroxylation sites is 1. The van der Waals surface area contributed by atoms with Crippen LogP contribution in [0, 0.1) is 13.8 Å². The molecule has 0 bridgehead atoms. The van der Waals surface area contributed by atoms with Gasteiger partial charge < -0.3 is 10.8 Å². The lowest BCUT2D eigenvalue weighted by atomic mass is 9.90. The number of phenols is 1. The van der Waals surface area contributed by atoms with Crippen LogP contribution in [0.5, 0.6) is 5.75 Å². The minimum Gasteiger partial charge on any atom is -0.507 e. The highest BCUT2D eigenvalue weighted by molar-refractivity contribution is 6.02. The summed E-state index contributed by atoms with van der Waals surface area (Å²) in [5, 5.41) is 10.2. The molecule has 3 aromatic rings. The third kappa shape index (κ3) is 5.04. The first-order chi connectivity index (χ1) is 15.1. The van der Waals surface area contributed by atoms with Crippen LogP contribution >= 0.6 is 0 Å².